The van der Waals surface area contributed by atoms with Crippen molar-refractivity contribution < 1.29 is 14.3 Å². The first-order valence-electron chi connectivity index (χ1n) is 7.87. The van der Waals surface area contributed by atoms with Crippen LogP contribution in [0.4, 0.5) is 4.79 Å². The summed E-state index contributed by atoms with van der Waals surface area (Å²) in [6, 6.07) is 20.7. The fraction of sp³-hybridized carbons (Fsp3) is 0.316. The molecule has 1 saturated heterocycles. The van der Waals surface area contributed by atoms with E-state index in [1.807, 2.05) is 36.4 Å². The van der Waals surface area contributed by atoms with Gasteiger partial charge in [-0.3, -0.25) is 4.90 Å². The molecular formula is C19H21NO3. The molecule has 4 nitrogen and oxygen atoms in total. The lowest BCUT2D eigenvalue weighted by atomic mass is 10.1. The van der Waals surface area contributed by atoms with Crippen molar-refractivity contribution in [3.05, 3.63) is 71.8 Å². The van der Waals surface area contributed by atoms with Crippen LogP contribution in [0.1, 0.15) is 18.1 Å². The summed E-state index contributed by atoms with van der Waals surface area (Å²) >= 11 is 0. The van der Waals surface area contributed by atoms with Crippen molar-refractivity contribution in [2.75, 3.05) is 6.61 Å². The number of rotatable bonds is 6. The Hall–Kier alpha value is -2.33. The van der Waals surface area contributed by atoms with E-state index >= 15 is 0 Å². The molecule has 0 N–H and O–H groups in total. The smallest absolute Gasteiger partial charge is 0.430 e. The highest BCUT2D eigenvalue weighted by Crippen LogP contribution is 2.20. The summed E-state index contributed by atoms with van der Waals surface area (Å²) < 4.78 is 10.2. The Morgan fingerprint density at radius 3 is 1.96 bits per heavy atom. The molecule has 2 aromatic carbocycles. The largest absolute Gasteiger partial charge is 0.508 e. The second kappa shape index (κ2) is 7.29. The highest BCUT2D eigenvalue weighted by Gasteiger charge is 2.33. The minimum absolute atomic E-state index is 0.0712. The zero-order valence-corrected chi connectivity index (χ0v) is 13.2. The number of nitrogens with zero attached hydrogens (tertiary/aromatic N) is 1. The van der Waals surface area contributed by atoms with Gasteiger partial charge >= 0.3 is 6.16 Å². The summed E-state index contributed by atoms with van der Waals surface area (Å²) in [5, 5.41) is 0. The number of cyclic esters (lactones) is 2. The Morgan fingerprint density at radius 1 is 1.00 bits per heavy atom. The first-order chi connectivity index (χ1) is 11.2. The Labute approximate surface area is 136 Å². The minimum atomic E-state index is -0.568. The van der Waals surface area contributed by atoms with Gasteiger partial charge in [-0.1, -0.05) is 60.7 Å². The molecule has 4 heteroatoms. The number of benzene rings is 2. The predicted molar refractivity (Wildman–Crippen MR) is 87.8 cm³/mol. The van der Waals surface area contributed by atoms with Crippen LogP contribution in [0.2, 0.25) is 0 Å². The van der Waals surface area contributed by atoms with Crippen molar-refractivity contribution in [1.29, 1.82) is 0 Å². The molecule has 0 bridgehead atoms. The maximum atomic E-state index is 11.2. The van der Waals surface area contributed by atoms with Gasteiger partial charge in [-0.2, -0.15) is 0 Å². The maximum absolute atomic E-state index is 11.2. The Kier molecular flexibility index (Phi) is 4.93. The maximum Gasteiger partial charge on any atom is 0.508 e. The zero-order valence-electron chi connectivity index (χ0n) is 13.2. The van der Waals surface area contributed by atoms with E-state index in [1.165, 1.54) is 11.1 Å². The molecular weight excluding hydrogens is 290 g/mol. The molecule has 0 aliphatic carbocycles. The molecule has 2 atom stereocenters. The standard InChI is InChI=1S/C19H21NO3/c1-15(18-14-22-19(21)23-18)20(12-16-8-4-2-5-9-16)13-17-10-6-3-7-11-17/h2-11,15,18H,12-14H2,1H3/t15-,18+/m0/s1. The quantitative estimate of drug-likeness (QED) is 0.764. The molecule has 0 spiro atoms. The van der Waals surface area contributed by atoms with Gasteiger partial charge in [0.25, 0.3) is 0 Å². The van der Waals surface area contributed by atoms with E-state index in [9.17, 15) is 4.79 Å². The average Bonchev–Trinajstić information content (AvgIpc) is 3.02. The molecule has 3 rings (SSSR count). The van der Waals surface area contributed by atoms with Gasteiger partial charge in [0.05, 0.1) is 0 Å². The van der Waals surface area contributed by atoms with Crippen molar-refractivity contribution in [3.8, 4) is 0 Å². The van der Waals surface area contributed by atoms with Crippen LogP contribution < -0.4 is 0 Å². The van der Waals surface area contributed by atoms with Crippen LogP contribution in [-0.2, 0) is 22.6 Å². The summed E-state index contributed by atoms with van der Waals surface area (Å²) in [5.74, 6) is 0. The second-order valence-electron chi connectivity index (χ2n) is 5.83. The zero-order chi connectivity index (χ0) is 16.1. The van der Waals surface area contributed by atoms with Crippen LogP contribution in [-0.4, -0.2) is 29.8 Å². The molecule has 1 aliphatic rings. The molecule has 0 amide bonds. The molecule has 23 heavy (non-hydrogen) atoms. The van der Waals surface area contributed by atoms with Crippen LogP contribution in [0.3, 0.4) is 0 Å². The SMILES string of the molecule is C[C@@H]([C@H]1COC(=O)O1)N(Cc1ccccc1)Cc1ccccc1. The Balaban J connectivity index is 1.76. The van der Waals surface area contributed by atoms with Crippen LogP contribution in [0.5, 0.6) is 0 Å². The predicted octanol–water partition coefficient (Wildman–Crippen LogP) is 3.61. The lowest BCUT2D eigenvalue weighted by Gasteiger charge is -2.31. The van der Waals surface area contributed by atoms with Gasteiger partial charge in [0.1, 0.15) is 6.61 Å². The van der Waals surface area contributed by atoms with Crippen LogP contribution in [0.25, 0.3) is 0 Å². The number of carbonyl (C=O) groups excluding carboxylic acids is 1. The third-order valence-electron chi connectivity index (χ3n) is 4.18. The number of hydrogen-bond donors (Lipinski definition) is 0. The third kappa shape index (κ3) is 4.11. The summed E-state index contributed by atoms with van der Waals surface area (Å²) in [6.07, 6.45) is -0.795. The monoisotopic (exact) mass is 311 g/mol. The fourth-order valence-corrected chi connectivity index (χ4v) is 2.79. The van der Waals surface area contributed by atoms with Crippen LogP contribution in [0, 0.1) is 0 Å². The molecule has 1 aliphatic heterocycles. The lowest BCUT2D eigenvalue weighted by Crippen LogP contribution is -2.42. The first kappa shape index (κ1) is 15.6. The van der Waals surface area contributed by atoms with Gasteiger partial charge in [0, 0.05) is 19.1 Å². The van der Waals surface area contributed by atoms with Crippen molar-refractivity contribution in [2.45, 2.75) is 32.2 Å². The van der Waals surface area contributed by atoms with Gasteiger partial charge in [-0.25, -0.2) is 4.79 Å². The molecule has 1 heterocycles. The Morgan fingerprint density at radius 2 is 1.52 bits per heavy atom. The van der Waals surface area contributed by atoms with Crippen LogP contribution in [0.15, 0.2) is 60.7 Å². The highest BCUT2D eigenvalue weighted by molar-refractivity contribution is 5.62. The molecule has 0 radical (unpaired) electrons. The highest BCUT2D eigenvalue weighted by atomic mass is 16.8. The van der Waals surface area contributed by atoms with E-state index in [0.29, 0.717) is 6.61 Å². The summed E-state index contributed by atoms with van der Waals surface area (Å²) in [5.41, 5.74) is 2.47. The van der Waals surface area contributed by atoms with Gasteiger partial charge in [0.2, 0.25) is 0 Å². The topological polar surface area (TPSA) is 38.8 Å². The average molecular weight is 311 g/mol. The van der Waals surface area contributed by atoms with E-state index in [2.05, 4.69) is 36.1 Å². The summed E-state index contributed by atoms with van der Waals surface area (Å²) in [7, 11) is 0. The van der Waals surface area contributed by atoms with Gasteiger partial charge in [0.15, 0.2) is 6.10 Å². The van der Waals surface area contributed by atoms with E-state index in [4.69, 9.17) is 9.47 Å². The van der Waals surface area contributed by atoms with Gasteiger partial charge in [-0.15, -0.1) is 0 Å². The molecule has 0 aromatic heterocycles. The second-order valence-corrected chi connectivity index (χ2v) is 5.83. The number of hydrogen-bond acceptors (Lipinski definition) is 4. The van der Waals surface area contributed by atoms with Crippen molar-refractivity contribution in [3.63, 3.8) is 0 Å². The van der Waals surface area contributed by atoms with Crippen molar-refractivity contribution in [1.82, 2.24) is 4.90 Å². The van der Waals surface area contributed by atoms with Gasteiger partial charge in [-0.05, 0) is 18.1 Å². The summed E-state index contributed by atoms with van der Waals surface area (Å²) in [4.78, 5) is 13.6. The Bertz CT molecular complexity index is 588. The van der Waals surface area contributed by atoms with E-state index in [1.54, 1.807) is 0 Å². The first-order valence-corrected chi connectivity index (χ1v) is 7.87. The van der Waals surface area contributed by atoms with E-state index in [0.717, 1.165) is 13.1 Å². The third-order valence-corrected chi connectivity index (χ3v) is 4.18. The minimum Gasteiger partial charge on any atom is -0.430 e. The molecule has 120 valence electrons. The van der Waals surface area contributed by atoms with E-state index in [-0.39, 0.29) is 12.1 Å². The normalized spacial score (nSPS) is 18.5. The molecule has 2 aromatic rings. The van der Waals surface area contributed by atoms with Crippen molar-refractivity contribution in [2.24, 2.45) is 0 Å². The summed E-state index contributed by atoms with van der Waals surface area (Å²) in [6.45, 7) is 3.99. The molecule has 1 fully saturated rings. The molecule has 0 unspecified atom stereocenters. The fourth-order valence-electron chi connectivity index (χ4n) is 2.79. The van der Waals surface area contributed by atoms with E-state index < -0.39 is 6.16 Å². The van der Waals surface area contributed by atoms with Gasteiger partial charge < -0.3 is 9.47 Å². The van der Waals surface area contributed by atoms with Crippen LogP contribution >= 0.6 is 0 Å². The lowest BCUT2D eigenvalue weighted by molar-refractivity contribution is 0.0584. The number of ether oxygens (including phenoxy) is 2. The molecule has 0 saturated carbocycles. The van der Waals surface area contributed by atoms with Crippen molar-refractivity contribution >= 4 is 6.16 Å². The number of carbonyl (C=O) groups is 1.